The van der Waals surface area contributed by atoms with E-state index in [4.69, 9.17) is 21.1 Å². The van der Waals surface area contributed by atoms with Crippen molar-refractivity contribution in [2.45, 2.75) is 13.8 Å². The van der Waals surface area contributed by atoms with Gasteiger partial charge in [-0.25, -0.2) is 10.0 Å². The van der Waals surface area contributed by atoms with Gasteiger partial charge in [-0.15, -0.1) is 0 Å². The van der Waals surface area contributed by atoms with E-state index in [1.165, 1.54) is 4.90 Å². The van der Waals surface area contributed by atoms with E-state index in [2.05, 4.69) is 35.8 Å². The normalized spacial score (nSPS) is 14.2. The van der Waals surface area contributed by atoms with Crippen molar-refractivity contribution in [3.8, 4) is 0 Å². The molecule has 0 spiro atoms. The molecule has 0 bridgehead atoms. The summed E-state index contributed by atoms with van der Waals surface area (Å²) in [6.45, 7) is 11.7. The largest absolute Gasteiger partial charge is 0.379 e. The second-order valence-corrected chi connectivity index (χ2v) is 12.5. The molecule has 32 heavy (non-hydrogen) atoms. The lowest BCUT2D eigenvalue weighted by Gasteiger charge is -2.25. The summed E-state index contributed by atoms with van der Waals surface area (Å²) in [5.74, 6) is 0.948. The molecule has 0 aromatic heterocycles. The van der Waals surface area contributed by atoms with Crippen LogP contribution in [0.5, 0.6) is 0 Å². The molecule has 1 aliphatic rings. The van der Waals surface area contributed by atoms with Gasteiger partial charge in [0.15, 0.2) is 0 Å². The number of hydrogen-bond acceptors (Lipinski definition) is 7. The van der Waals surface area contributed by atoms with E-state index in [9.17, 15) is 10.1 Å². The van der Waals surface area contributed by atoms with E-state index in [1.807, 2.05) is 19.9 Å². The highest BCUT2D eigenvalue weighted by Crippen LogP contribution is 2.33. The molecule has 0 aliphatic carbocycles. The van der Waals surface area contributed by atoms with Crippen molar-refractivity contribution in [3.05, 3.63) is 51.2 Å². The lowest BCUT2D eigenvalue weighted by molar-refractivity contribution is -0.503. The molecule has 2 rings (SSSR count). The molecule has 8 nitrogen and oxygen atoms in total. The highest BCUT2D eigenvalue weighted by atomic mass is 35.5. The Morgan fingerprint density at radius 2 is 2.03 bits per heavy atom. The number of nitrogens with zero attached hydrogens (tertiary/aromatic N) is 3. The molecule has 1 heterocycles. The van der Waals surface area contributed by atoms with Crippen LogP contribution < -0.4 is 5.32 Å². The van der Waals surface area contributed by atoms with Crippen LogP contribution in [0, 0.1) is 10.1 Å². The number of nitrogens with one attached hydrogen (secondary N) is 1. The fraction of sp³-hybridized carbons (Fsp3) is 0.591. The maximum atomic E-state index is 10.9. The summed E-state index contributed by atoms with van der Waals surface area (Å²) in [7, 11) is -0.657. The first-order valence-corrected chi connectivity index (χ1v) is 13.9. The minimum absolute atomic E-state index is 0.121. The van der Waals surface area contributed by atoms with Gasteiger partial charge in [-0.05, 0) is 37.6 Å². The quantitative estimate of drug-likeness (QED) is 0.174. The van der Waals surface area contributed by atoms with Gasteiger partial charge in [0.2, 0.25) is 0 Å². The van der Waals surface area contributed by atoms with Crippen molar-refractivity contribution < 1.29 is 14.4 Å². The van der Waals surface area contributed by atoms with Crippen LogP contribution in [-0.4, -0.2) is 87.4 Å². The van der Waals surface area contributed by atoms with Gasteiger partial charge in [-0.3, -0.25) is 20.0 Å². The number of aliphatic imine (C=N–C) groups is 1. The molecule has 0 amide bonds. The summed E-state index contributed by atoms with van der Waals surface area (Å²) in [4.78, 5) is 15.9. The van der Waals surface area contributed by atoms with Crippen LogP contribution in [0.4, 0.5) is 0 Å². The molecule has 1 aliphatic heterocycles. The highest BCUT2D eigenvalue weighted by molar-refractivity contribution is 8.32. The predicted octanol–water partition coefficient (Wildman–Crippen LogP) is 4.18. The van der Waals surface area contributed by atoms with Crippen molar-refractivity contribution in [3.63, 3.8) is 0 Å². The zero-order chi connectivity index (χ0) is 24.4. The average molecular weight is 491 g/mol. The molecular weight excluding hydrogens is 452 g/mol. The average Bonchev–Trinajstić information content (AvgIpc) is 2.77. The van der Waals surface area contributed by atoms with E-state index >= 15 is 0 Å². The monoisotopic (exact) mass is 490 g/mol. The summed E-state index contributed by atoms with van der Waals surface area (Å²) in [5.41, 5.74) is 1.24. The molecule has 1 N–H and O–H groups in total. The van der Waals surface area contributed by atoms with E-state index in [0.29, 0.717) is 17.3 Å². The van der Waals surface area contributed by atoms with Gasteiger partial charge >= 0.3 is 0 Å². The topological polar surface area (TPSA) is 89.2 Å². The standard InChI is InChI=1S/C16H24ClN3O3S.C4H9NO.C2H6/c1-18-16(14-6-5-7-15(17)10-14)11-19(12-20(21)22)13-23-8-9-24(2,3)4;1-3-6-4-2-5-1;1-2/h5-7,10-11H,1,8-9,12-13H2,2-4H3;5H,1-4H2;1-2H3/b16-11-;;. The maximum Gasteiger partial charge on any atom is 0.279 e. The molecule has 1 aromatic carbocycles. The van der Waals surface area contributed by atoms with Crippen LogP contribution in [-0.2, 0) is 9.47 Å². The number of halogens is 1. The molecule has 1 fully saturated rings. The summed E-state index contributed by atoms with van der Waals surface area (Å²) >= 11 is 5.98. The molecule has 0 saturated carbocycles. The minimum atomic E-state index is -0.657. The highest BCUT2D eigenvalue weighted by Gasteiger charge is 2.11. The van der Waals surface area contributed by atoms with E-state index in [1.54, 1.807) is 24.4 Å². The number of morpholine rings is 1. The van der Waals surface area contributed by atoms with Gasteiger partial charge < -0.3 is 14.8 Å². The Balaban J connectivity index is 0.00000101. The van der Waals surface area contributed by atoms with Crippen molar-refractivity contribution in [1.29, 1.82) is 0 Å². The van der Waals surface area contributed by atoms with Gasteiger partial charge in [0.1, 0.15) is 6.73 Å². The Hall–Kier alpha value is -1.65. The maximum absolute atomic E-state index is 10.9. The van der Waals surface area contributed by atoms with Crippen LogP contribution in [0.2, 0.25) is 5.02 Å². The zero-order valence-corrected chi connectivity index (χ0v) is 21.6. The van der Waals surface area contributed by atoms with Gasteiger partial charge in [-0.2, -0.15) is 0 Å². The fourth-order valence-electron chi connectivity index (χ4n) is 2.30. The molecule has 10 heteroatoms. The van der Waals surface area contributed by atoms with Crippen molar-refractivity contribution in [1.82, 2.24) is 10.2 Å². The Morgan fingerprint density at radius 3 is 2.47 bits per heavy atom. The van der Waals surface area contributed by atoms with Crippen LogP contribution in [0.15, 0.2) is 35.5 Å². The summed E-state index contributed by atoms with van der Waals surface area (Å²) in [6.07, 6.45) is 8.17. The van der Waals surface area contributed by atoms with Crippen LogP contribution in [0.3, 0.4) is 0 Å². The molecule has 184 valence electrons. The number of benzene rings is 1. The zero-order valence-electron chi connectivity index (χ0n) is 20.0. The second-order valence-electron chi connectivity index (χ2n) is 7.44. The molecule has 0 atom stereocenters. The Labute approximate surface area is 199 Å². The first-order chi connectivity index (χ1) is 15.2. The minimum Gasteiger partial charge on any atom is -0.379 e. The van der Waals surface area contributed by atoms with Gasteiger partial charge in [-0.1, -0.05) is 37.6 Å². The Morgan fingerprint density at radius 1 is 1.38 bits per heavy atom. The number of rotatable bonds is 10. The van der Waals surface area contributed by atoms with Gasteiger partial charge in [0.25, 0.3) is 6.67 Å². The molecule has 1 aromatic rings. The summed E-state index contributed by atoms with van der Waals surface area (Å²) in [5, 5.41) is 14.6. The first kappa shape index (κ1) is 30.4. The van der Waals surface area contributed by atoms with Crippen LogP contribution in [0.25, 0.3) is 5.70 Å². The van der Waals surface area contributed by atoms with Crippen LogP contribution in [0.1, 0.15) is 19.4 Å². The van der Waals surface area contributed by atoms with Crippen molar-refractivity contribution in [2.75, 3.05) is 70.8 Å². The van der Waals surface area contributed by atoms with E-state index < -0.39 is 15.0 Å². The van der Waals surface area contributed by atoms with Crippen molar-refractivity contribution in [2.24, 2.45) is 4.99 Å². The van der Waals surface area contributed by atoms with Crippen molar-refractivity contribution >= 4 is 34.0 Å². The molecule has 0 unspecified atom stereocenters. The number of nitro groups is 1. The third-order valence-electron chi connectivity index (χ3n) is 3.84. The second kappa shape index (κ2) is 17.9. The predicted molar refractivity (Wildman–Crippen MR) is 139 cm³/mol. The lowest BCUT2D eigenvalue weighted by atomic mass is 10.2. The fourth-order valence-corrected chi connectivity index (χ4v) is 3.11. The Kier molecular flexibility index (Phi) is 16.9. The van der Waals surface area contributed by atoms with Gasteiger partial charge in [0.05, 0.1) is 25.5 Å². The van der Waals surface area contributed by atoms with Crippen LogP contribution >= 0.6 is 21.6 Å². The van der Waals surface area contributed by atoms with E-state index in [0.717, 1.165) is 37.6 Å². The van der Waals surface area contributed by atoms with E-state index in [-0.39, 0.29) is 13.4 Å². The Bertz CT molecular complexity index is 683. The first-order valence-electron chi connectivity index (χ1n) is 10.5. The third kappa shape index (κ3) is 16.0. The number of hydrogen-bond donors (Lipinski definition) is 1. The SMILES string of the molecule is C1COCCN1.C=N/C(=C\N(COCCS(C)(C)C)C[N+](=O)[O-])c1cccc(Cl)c1.CC. The number of ether oxygens (including phenoxy) is 2. The van der Waals surface area contributed by atoms with Gasteiger partial charge in [0, 0.05) is 40.6 Å². The molecular formula is C22H39ClN4O4S. The molecule has 1 saturated heterocycles. The smallest absolute Gasteiger partial charge is 0.279 e. The summed E-state index contributed by atoms with van der Waals surface area (Å²) < 4.78 is 10.6. The molecule has 0 radical (unpaired) electrons. The summed E-state index contributed by atoms with van der Waals surface area (Å²) in [6, 6.07) is 7.09. The lowest BCUT2D eigenvalue weighted by Crippen LogP contribution is -2.30. The third-order valence-corrected chi connectivity index (χ3v) is 5.46.